The Bertz CT molecular complexity index is 312. The molecule has 1 aliphatic carbocycles. The van der Waals surface area contributed by atoms with Crippen LogP contribution in [0.4, 0.5) is 0 Å². The van der Waals surface area contributed by atoms with Crippen molar-refractivity contribution in [3.05, 3.63) is 18.0 Å². The van der Waals surface area contributed by atoms with E-state index in [4.69, 9.17) is 5.73 Å². The van der Waals surface area contributed by atoms with E-state index in [2.05, 4.69) is 20.5 Å². The number of hydrogen-bond donors (Lipinski definition) is 3. The number of nitrogens with two attached hydrogens (primary N) is 1. The molecule has 2 rings (SSSR count). The van der Waals surface area contributed by atoms with Crippen molar-refractivity contribution in [2.24, 2.45) is 10.7 Å². The molecule has 0 aliphatic heterocycles. The summed E-state index contributed by atoms with van der Waals surface area (Å²) in [5, 5.41) is 9.77. The summed E-state index contributed by atoms with van der Waals surface area (Å²) in [7, 11) is 0. The monoisotopic (exact) mass is 193 g/mol. The predicted octanol–water partition coefficient (Wildman–Crippen LogP) is 0.537. The number of rotatable bonds is 3. The second-order valence-corrected chi connectivity index (χ2v) is 3.64. The smallest absolute Gasteiger partial charge is 0.189 e. The van der Waals surface area contributed by atoms with Crippen LogP contribution in [-0.2, 0) is 0 Å². The molecule has 0 aromatic carbocycles. The van der Waals surface area contributed by atoms with Crippen molar-refractivity contribution in [3.8, 4) is 0 Å². The molecule has 1 unspecified atom stereocenters. The molecule has 0 amide bonds. The second-order valence-electron chi connectivity index (χ2n) is 3.64. The average molecular weight is 193 g/mol. The Morgan fingerprint density at radius 1 is 1.79 bits per heavy atom. The zero-order valence-electron chi connectivity index (χ0n) is 8.20. The lowest BCUT2D eigenvalue weighted by molar-refractivity contribution is 0.708. The maximum Gasteiger partial charge on any atom is 0.189 e. The molecule has 0 bridgehead atoms. The quantitative estimate of drug-likeness (QED) is 0.484. The van der Waals surface area contributed by atoms with Crippen molar-refractivity contribution in [2.45, 2.75) is 31.8 Å². The topological polar surface area (TPSA) is 79.1 Å². The van der Waals surface area contributed by atoms with Gasteiger partial charge >= 0.3 is 0 Å². The molecular weight excluding hydrogens is 178 g/mol. The van der Waals surface area contributed by atoms with E-state index in [1.54, 1.807) is 6.20 Å². The maximum absolute atomic E-state index is 5.73. The van der Waals surface area contributed by atoms with Gasteiger partial charge in [-0.05, 0) is 19.8 Å². The number of aromatic amines is 1. The van der Waals surface area contributed by atoms with Crippen LogP contribution < -0.4 is 11.1 Å². The number of nitrogens with one attached hydrogen (secondary N) is 2. The number of H-pyrrole nitrogens is 1. The van der Waals surface area contributed by atoms with Crippen LogP contribution in [0.25, 0.3) is 0 Å². The lowest BCUT2D eigenvalue weighted by Gasteiger charge is -2.12. The van der Waals surface area contributed by atoms with Gasteiger partial charge in [-0.15, -0.1) is 0 Å². The standard InChI is InChI=1S/C9H15N5/c1-6(7-4-11-12-5-7)13-9(10)14-8-2-3-8/h4-6,8H,2-3H2,1H3,(H,11,12)(H3,10,13,14). The predicted molar refractivity (Wildman–Crippen MR) is 54.8 cm³/mol. The van der Waals surface area contributed by atoms with E-state index in [1.165, 1.54) is 12.8 Å². The third-order valence-electron chi connectivity index (χ3n) is 2.25. The van der Waals surface area contributed by atoms with Gasteiger partial charge in [0.05, 0.1) is 18.3 Å². The molecule has 5 heteroatoms. The first-order chi connectivity index (χ1) is 6.75. The van der Waals surface area contributed by atoms with Crippen molar-refractivity contribution in [1.29, 1.82) is 0 Å². The van der Waals surface area contributed by atoms with Crippen molar-refractivity contribution in [3.63, 3.8) is 0 Å². The van der Waals surface area contributed by atoms with Crippen LogP contribution in [0, 0.1) is 0 Å². The third-order valence-corrected chi connectivity index (χ3v) is 2.25. The van der Waals surface area contributed by atoms with Gasteiger partial charge in [-0.1, -0.05) is 0 Å². The summed E-state index contributed by atoms with van der Waals surface area (Å²) in [6.45, 7) is 2.03. The van der Waals surface area contributed by atoms with E-state index >= 15 is 0 Å². The van der Waals surface area contributed by atoms with Crippen molar-refractivity contribution in [1.82, 2.24) is 15.5 Å². The fourth-order valence-corrected chi connectivity index (χ4v) is 1.24. The van der Waals surface area contributed by atoms with Crippen molar-refractivity contribution < 1.29 is 0 Å². The summed E-state index contributed by atoms with van der Waals surface area (Å²) in [6, 6.07) is 0.607. The van der Waals surface area contributed by atoms with Gasteiger partial charge in [0, 0.05) is 11.8 Å². The molecule has 1 heterocycles. The molecule has 0 saturated heterocycles. The third kappa shape index (κ3) is 2.25. The summed E-state index contributed by atoms with van der Waals surface area (Å²) >= 11 is 0. The zero-order valence-corrected chi connectivity index (χ0v) is 8.20. The van der Waals surface area contributed by atoms with E-state index in [-0.39, 0.29) is 6.04 Å². The van der Waals surface area contributed by atoms with Crippen LogP contribution in [-0.4, -0.2) is 22.2 Å². The minimum Gasteiger partial charge on any atom is -0.370 e. The fraction of sp³-hybridized carbons (Fsp3) is 0.556. The average Bonchev–Trinajstić information content (AvgIpc) is 2.80. The lowest BCUT2D eigenvalue weighted by Crippen LogP contribution is -2.33. The Hall–Kier alpha value is -1.52. The molecule has 1 aromatic heterocycles. The molecule has 14 heavy (non-hydrogen) atoms. The van der Waals surface area contributed by atoms with E-state index in [0.717, 1.165) is 5.56 Å². The Labute approximate surface area is 82.8 Å². The SMILES string of the molecule is CC(NC(N)=NC1CC1)c1cn[nH]c1. The van der Waals surface area contributed by atoms with Crippen molar-refractivity contribution in [2.75, 3.05) is 0 Å². The van der Waals surface area contributed by atoms with Crippen LogP contribution in [0.15, 0.2) is 17.4 Å². The highest BCUT2D eigenvalue weighted by Crippen LogP contribution is 2.23. The largest absolute Gasteiger partial charge is 0.370 e. The highest BCUT2D eigenvalue weighted by Gasteiger charge is 2.20. The van der Waals surface area contributed by atoms with Gasteiger partial charge in [-0.3, -0.25) is 10.1 Å². The number of hydrogen-bond acceptors (Lipinski definition) is 2. The highest BCUT2D eigenvalue weighted by molar-refractivity contribution is 5.78. The summed E-state index contributed by atoms with van der Waals surface area (Å²) < 4.78 is 0. The molecule has 5 nitrogen and oxygen atoms in total. The second kappa shape index (κ2) is 3.69. The van der Waals surface area contributed by atoms with Crippen LogP contribution in [0.1, 0.15) is 31.4 Å². The molecule has 4 N–H and O–H groups in total. The van der Waals surface area contributed by atoms with Gasteiger partial charge in [-0.25, -0.2) is 0 Å². The number of nitrogens with zero attached hydrogens (tertiary/aromatic N) is 2. The normalized spacial score (nSPS) is 19.4. The van der Waals surface area contributed by atoms with Crippen LogP contribution in [0.2, 0.25) is 0 Å². The summed E-state index contributed by atoms with van der Waals surface area (Å²) in [5.41, 5.74) is 6.81. The first-order valence-corrected chi connectivity index (χ1v) is 4.84. The molecule has 1 saturated carbocycles. The minimum atomic E-state index is 0.149. The Balaban J connectivity index is 1.90. The molecule has 0 radical (unpaired) electrons. The van der Waals surface area contributed by atoms with Crippen LogP contribution >= 0.6 is 0 Å². The highest BCUT2D eigenvalue weighted by atomic mass is 15.1. The van der Waals surface area contributed by atoms with Gasteiger partial charge in [0.25, 0.3) is 0 Å². The number of guanidine groups is 1. The van der Waals surface area contributed by atoms with Gasteiger partial charge in [0.1, 0.15) is 0 Å². The first kappa shape index (κ1) is 9.05. The Kier molecular flexibility index (Phi) is 2.39. The van der Waals surface area contributed by atoms with E-state index in [9.17, 15) is 0 Å². The van der Waals surface area contributed by atoms with Crippen LogP contribution in [0.3, 0.4) is 0 Å². The zero-order chi connectivity index (χ0) is 9.97. The van der Waals surface area contributed by atoms with E-state index in [1.807, 2.05) is 13.1 Å². The molecular formula is C9H15N5. The minimum absolute atomic E-state index is 0.149. The summed E-state index contributed by atoms with van der Waals surface area (Å²) in [4.78, 5) is 4.29. The maximum atomic E-state index is 5.73. The molecule has 1 aliphatic rings. The Morgan fingerprint density at radius 3 is 3.14 bits per heavy atom. The van der Waals surface area contributed by atoms with E-state index in [0.29, 0.717) is 12.0 Å². The van der Waals surface area contributed by atoms with Gasteiger partial charge < -0.3 is 11.1 Å². The summed E-state index contributed by atoms with van der Waals surface area (Å²) in [5.74, 6) is 0.529. The molecule has 76 valence electrons. The molecule has 0 spiro atoms. The fourth-order valence-electron chi connectivity index (χ4n) is 1.24. The Morgan fingerprint density at radius 2 is 2.57 bits per heavy atom. The molecule has 1 atom stereocenters. The molecule has 1 aromatic rings. The van der Waals surface area contributed by atoms with E-state index < -0.39 is 0 Å². The lowest BCUT2D eigenvalue weighted by atomic mass is 10.2. The number of aliphatic imine (C=N–C) groups is 1. The van der Waals surface area contributed by atoms with Gasteiger partial charge in [-0.2, -0.15) is 5.10 Å². The van der Waals surface area contributed by atoms with Gasteiger partial charge in [0.2, 0.25) is 0 Å². The first-order valence-electron chi connectivity index (χ1n) is 4.84. The molecule has 1 fully saturated rings. The van der Waals surface area contributed by atoms with Gasteiger partial charge in [0.15, 0.2) is 5.96 Å². The van der Waals surface area contributed by atoms with Crippen LogP contribution in [0.5, 0.6) is 0 Å². The number of aromatic nitrogens is 2. The van der Waals surface area contributed by atoms with Crippen molar-refractivity contribution >= 4 is 5.96 Å². The summed E-state index contributed by atoms with van der Waals surface area (Å²) in [6.07, 6.45) is 5.97.